The number of aryl methyl sites for hydroxylation is 3. The van der Waals surface area contributed by atoms with Crippen LogP contribution in [0.3, 0.4) is 0 Å². The zero-order chi connectivity index (χ0) is 19.7. The predicted octanol–water partition coefficient (Wildman–Crippen LogP) is 3.46. The Bertz CT molecular complexity index is 960. The van der Waals surface area contributed by atoms with E-state index in [9.17, 15) is 0 Å². The topological polar surface area (TPSA) is 69.0 Å². The molecule has 0 bridgehead atoms. The van der Waals surface area contributed by atoms with Crippen LogP contribution in [0.1, 0.15) is 36.5 Å². The van der Waals surface area contributed by atoms with Crippen molar-refractivity contribution in [2.45, 2.75) is 46.3 Å². The molecule has 146 valence electrons. The molecule has 1 unspecified atom stereocenters. The van der Waals surface area contributed by atoms with Gasteiger partial charge in [0.25, 0.3) is 0 Å². The summed E-state index contributed by atoms with van der Waals surface area (Å²) in [6.07, 6.45) is 4.84. The van der Waals surface area contributed by atoms with Gasteiger partial charge in [-0.2, -0.15) is 4.80 Å². The molecule has 0 saturated carbocycles. The van der Waals surface area contributed by atoms with E-state index in [-0.39, 0.29) is 6.23 Å². The molecule has 2 aromatic heterocycles. The number of aromatic nitrogens is 5. The van der Waals surface area contributed by atoms with Gasteiger partial charge < -0.3 is 9.64 Å². The smallest absolute Gasteiger partial charge is 0.204 e. The molecular weight excluding hydrogens is 352 g/mol. The van der Waals surface area contributed by atoms with E-state index in [0.29, 0.717) is 5.82 Å². The lowest BCUT2D eigenvalue weighted by molar-refractivity contribution is 0.183. The summed E-state index contributed by atoms with van der Waals surface area (Å²) in [5.41, 5.74) is 4.40. The fourth-order valence-corrected chi connectivity index (χ4v) is 3.84. The standard InChI is InChI=1S/C21H26N6O/c1-5-7-18(27-11-9-16-8-6-10-22-21(16)27)28-19-14(2)12-17(13-15(19)3)20-23-25-26(4)24-20/h6,8,10,12-13,18H,5,7,9,11H2,1-4H3. The summed E-state index contributed by atoms with van der Waals surface area (Å²) in [4.78, 5) is 8.38. The second-order valence-corrected chi connectivity index (χ2v) is 7.33. The summed E-state index contributed by atoms with van der Waals surface area (Å²) >= 11 is 0. The Kier molecular flexibility index (Phi) is 4.98. The predicted molar refractivity (Wildman–Crippen MR) is 108 cm³/mol. The van der Waals surface area contributed by atoms with Gasteiger partial charge >= 0.3 is 0 Å². The lowest BCUT2D eigenvalue weighted by Gasteiger charge is -2.31. The number of fused-ring (bicyclic) bond motifs is 1. The fraction of sp³-hybridized carbons (Fsp3) is 0.429. The van der Waals surface area contributed by atoms with Crippen molar-refractivity contribution in [3.05, 3.63) is 47.2 Å². The molecule has 0 spiro atoms. The van der Waals surface area contributed by atoms with Crippen molar-refractivity contribution in [1.29, 1.82) is 0 Å². The van der Waals surface area contributed by atoms with Crippen molar-refractivity contribution < 1.29 is 4.74 Å². The largest absolute Gasteiger partial charge is 0.470 e. The van der Waals surface area contributed by atoms with E-state index in [2.05, 4.69) is 64.3 Å². The van der Waals surface area contributed by atoms with Crippen LogP contribution in [0.4, 0.5) is 5.82 Å². The number of tetrazole rings is 1. The molecule has 1 aliphatic rings. The van der Waals surface area contributed by atoms with Crippen molar-refractivity contribution >= 4 is 5.82 Å². The Morgan fingerprint density at radius 3 is 2.68 bits per heavy atom. The van der Waals surface area contributed by atoms with Gasteiger partial charge in [-0.25, -0.2) is 4.98 Å². The third kappa shape index (κ3) is 3.44. The maximum atomic E-state index is 6.58. The van der Waals surface area contributed by atoms with Crippen LogP contribution < -0.4 is 9.64 Å². The second kappa shape index (κ2) is 7.58. The Hall–Kier alpha value is -2.96. The van der Waals surface area contributed by atoms with Crippen LogP contribution in [-0.2, 0) is 13.5 Å². The van der Waals surface area contributed by atoms with Gasteiger partial charge in [0.1, 0.15) is 11.6 Å². The molecule has 7 nitrogen and oxygen atoms in total. The van der Waals surface area contributed by atoms with Crippen LogP contribution in [0, 0.1) is 13.8 Å². The Balaban J connectivity index is 1.63. The summed E-state index contributed by atoms with van der Waals surface area (Å²) in [5, 5.41) is 12.4. The van der Waals surface area contributed by atoms with Gasteiger partial charge in [-0.1, -0.05) is 19.4 Å². The van der Waals surface area contributed by atoms with Crippen LogP contribution in [0.2, 0.25) is 0 Å². The molecule has 0 fully saturated rings. The molecule has 3 heterocycles. The third-order valence-electron chi connectivity index (χ3n) is 5.13. The van der Waals surface area contributed by atoms with Crippen molar-refractivity contribution in [2.75, 3.05) is 11.4 Å². The second-order valence-electron chi connectivity index (χ2n) is 7.33. The minimum Gasteiger partial charge on any atom is -0.470 e. The molecule has 0 aliphatic carbocycles. The number of ether oxygens (including phenoxy) is 1. The first-order chi connectivity index (χ1) is 13.6. The van der Waals surface area contributed by atoms with Crippen molar-refractivity contribution in [3.63, 3.8) is 0 Å². The molecule has 1 aromatic carbocycles. The lowest BCUT2D eigenvalue weighted by atomic mass is 10.1. The highest BCUT2D eigenvalue weighted by atomic mass is 16.5. The van der Waals surface area contributed by atoms with E-state index < -0.39 is 0 Å². The SMILES string of the molecule is CCCC(Oc1c(C)cc(-c2nnn(C)n2)cc1C)N1CCc2cccnc21. The molecule has 1 aliphatic heterocycles. The number of rotatable bonds is 6. The zero-order valence-electron chi connectivity index (χ0n) is 16.9. The van der Waals surface area contributed by atoms with Crippen LogP contribution in [0.25, 0.3) is 11.4 Å². The number of nitrogens with zero attached hydrogens (tertiary/aromatic N) is 6. The van der Waals surface area contributed by atoms with E-state index in [1.165, 1.54) is 10.4 Å². The minimum absolute atomic E-state index is 0.0287. The number of anilines is 1. The van der Waals surface area contributed by atoms with Gasteiger partial charge in [0.2, 0.25) is 5.82 Å². The Morgan fingerprint density at radius 2 is 2.00 bits per heavy atom. The van der Waals surface area contributed by atoms with Crippen molar-refractivity contribution in [1.82, 2.24) is 25.2 Å². The van der Waals surface area contributed by atoms with Gasteiger partial charge in [0.05, 0.1) is 7.05 Å². The fourth-order valence-electron chi connectivity index (χ4n) is 3.84. The molecule has 4 rings (SSSR count). The van der Waals surface area contributed by atoms with Gasteiger partial charge in [-0.15, -0.1) is 10.2 Å². The molecule has 0 saturated heterocycles. The highest BCUT2D eigenvalue weighted by molar-refractivity contribution is 5.61. The van der Waals surface area contributed by atoms with E-state index in [1.54, 1.807) is 7.05 Å². The molecule has 28 heavy (non-hydrogen) atoms. The highest BCUT2D eigenvalue weighted by Gasteiger charge is 2.28. The minimum atomic E-state index is -0.0287. The summed E-state index contributed by atoms with van der Waals surface area (Å²) in [6.45, 7) is 7.27. The monoisotopic (exact) mass is 378 g/mol. The number of pyridine rings is 1. The average Bonchev–Trinajstić information content (AvgIpc) is 3.30. The van der Waals surface area contributed by atoms with Gasteiger partial charge in [0, 0.05) is 24.7 Å². The number of benzene rings is 1. The number of hydrogen-bond donors (Lipinski definition) is 0. The lowest BCUT2D eigenvalue weighted by Crippen LogP contribution is -2.39. The number of hydrogen-bond acceptors (Lipinski definition) is 6. The third-order valence-corrected chi connectivity index (χ3v) is 5.13. The van der Waals surface area contributed by atoms with Crippen LogP contribution >= 0.6 is 0 Å². The van der Waals surface area contributed by atoms with E-state index in [1.807, 2.05) is 12.3 Å². The maximum Gasteiger partial charge on any atom is 0.204 e. The Morgan fingerprint density at radius 1 is 1.21 bits per heavy atom. The molecular formula is C21H26N6O. The highest BCUT2D eigenvalue weighted by Crippen LogP contribution is 2.33. The molecule has 0 amide bonds. The Labute approximate surface area is 165 Å². The molecule has 3 aromatic rings. The first-order valence-corrected chi connectivity index (χ1v) is 9.79. The van der Waals surface area contributed by atoms with Gasteiger partial charge in [-0.3, -0.25) is 0 Å². The summed E-state index contributed by atoms with van der Waals surface area (Å²) in [5.74, 6) is 2.61. The van der Waals surface area contributed by atoms with Crippen molar-refractivity contribution in [2.24, 2.45) is 7.05 Å². The molecule has 0 N–H and O–H groups in total. The maximum absolute atomic E-state index is 6.58. The van der Waals surface area contributed by atoms with E-state index in [4.69, 9.17) is 4.74 Å². The zero-order valence-corrected chi connectivity index (χ0v) is 16.9. The first kappa shape index (κ1) is 18.4. The van der Waals surface area contributed by atoms with Crippen molar-refractivity contribution in [3.8, 4) is 17.1 Å². The summed E-state index contributed by atoms with van der Waals surface area (Å²) in [6, 6.07) is 8.30. The summed E-state index contributed by atoms with van der Waals surface area (Å²) < 4.78 is 6.58. The first-order valence-electron chi connectivity index (χ1n) is 9.79. The van der Waals surface area contributed by atoms with E-state index in [0.717, 1.165) is 54.1 Å². The average molecular weight is 378 g/mol. The quantitative estimate of drug-likeness (QED) is 0.654. The van der Waals surface area contributed by atoms with Crippen LogP contribution in [0.15, 0.2) is 30.5 Å². The molecule has 7 heteroatoms. The molecule has 0 radical (unpaired) electrons. The van der Waals surface area contributed by atoms with Crippen LogP contribution in [-0.4, -0.2) is 38.0 Å². The normalized spacial score (nSPS) is 14.2. The van der Waals surface area contributed by atoms with E-state index >= 15 is 0 Å². The van der Waals surface area contributed by atoms with Gasteiger partial charge in [-0.05, 0) is 60.4 Å². The summed E-state index contributed by atoms with van der Waals surface area (Å²) in [7, 11) is 1.77. The van der Waals surface area contributed by atoms with Crippen LogP contribution in [0.5, 0.6) is 5.75 Å². The molecule has 1 atom stereocenters. The van der Waals surface area contributed by atoms with Gasteiger partial charge in [0.15, 0.2) is 6.23 Å².